The van der Waals surface area contributed by atoms with Gasteiger partial charge in [-0.25, -0.2) is 4.79 Å². The Morgan fingerprint density at radius 2 is 2.21 bits per heavy atom. The minimum absolute atomic E-state index is 0.00155. The first-order chi connectivity index (χ1) is 9.01. The van der Waals surface area contributed by atoms with E-state index in [2.05, 4.69) is 10.1 Å². The molecule has 1 aromatic heterocycles. The molecule has 1 aliphatic rings. The number of ether oxygens (including phenoxy) is 2. The number of rotatable bonds is 3. The summed E-state index contributed by atoms with van der Waals surface area (Å²) in [5, 5.41) is 3.95. The van der Waals surface area contributed by atoms with E-state index in [4.69, 9.17) is 14.0 Å². The fourth-order valence-electron chi connectivity index (χ4n) is 2.38. The van der Waals surface area contributed by atoms with Gasteiger partial charge in [0.05, 0.1) is 18.9 Å². The van der Waals surface area contributed by atoms with Crippen molar-refractivity contribution in [2.75, 3.05) is 20.2 Å². The van der Waals surface area contributed by atoms with Crippen molar-refractivity contribution in [3.8, 4) is 0 Å². The Kier molecular flexibility index (Phi) is 4.21. The molecule has 0 aliphatic carbocycles. The Balaban J connectivity index is 2.06. The molecule has 6 heteroatoms. The second-order valence-corrected chi connectivity index (χ2v) is 4.96. The van der Waals surface area contributed by atoms with E-state index in [1.54, 1.807) is 0 Å². The van der Waals surface area contributed by atoms with Gasteiger partial charge in [0.25, 0.3) is 0 Å². The first-order valence-corrected chi connectivity index (χ1v) is 6.38. The van der Waals surface area contributed by atoms with Gasteiger partial charge in [0, 0.05) is 25.2 Å². The number of carbonyl (C=O) groups is 1. The maximum Gasteiger partial charge on any atom is 0.336 e. The van der Waals surface area contributed by atoms with Crippen LogP contribution in [0, 0.1) is 13.8 Å². The van der Waals surface area contributed by atoms with Crippen LogP contribution in [0.5, 0.6) is 0 Å². The lowest BCUT2D eigenvalue weighted by Gasteiger charge is -2.35. The molecule has 1 fully saturated rings. The van der Waals surface area contributed by atoms with Crippen LogP contribution < -0.4 is 0 Å². The van der Waals surface area contributed by atoms with Crippen LogP contribution in [-0.4, -0.2) is 48.4 Å². The van der Waals surface area contributed by atoms with Crippen molar-refractivity contribution >= 4 is 5.97 Å². The van der Waals surface area contributed by atoms with Gasteiger partial charge in [-0.15, -0.1) is 0 Å². The molecular weight excluding hydrogens is 248 g/mol. The van der Waals surface area contributed by atoms with Gasteiger partial charge in [0.15, 0.2) is 6.10 Å². The van der Waals surface area contributed by atoms with Crippen LogP contribution in [0.3, 0.4) is 0 Å². The third kappa shape index (κ3) is 3.13. The van der Waals surface area contributed by atoms with Crippen LogP contribution >= 0.6 is 0 Å². The average molecular weight is 268 g/mol. The summed E-state index contributed by atoms with van der Waals surface area (Å²) in [6, 6.07) is 0. The molecule has 0 N–H and O–H groups in total. The van der Waals surface area contributed by atoms with Crippen LogP contribution in [-0.2, 0) is 20.8 Å². The third-order valence-corrected chi connectivity index (χ3v) is 3.36. The lowest BCUT2D eigenvalue weighted by Crippen LogP contribution is -2.49. The number of hydrogen-bond donors (Lipinski definition) is 0. The molecule has 2 rings (SSSR count). The molecule has 1 aromatic rings. The summed E-state index contributed by atoms with van der Waals surface area (Å²) in [4.78, 5) is 13.8. The Labute approximate surface area is 112 Å². The topological polar surface area (TPSA) is 64.8 Å². The predicted octanol–water partition coefficient (Wildman–Crippen LogP) is 1.05. The zero-order valence-electron chi connectivity index (χ0n) is 11.8. The fraction of sp³-hybridized carbons (Fsp3) is 0.692. The van der Waals surface area contributed by atoms with E-state index in [0.29, 0.717) is 13.1 Å². The summed E-state index contributed by atoms with van der Waals surface area (Å²) >= 11 is 0. The molecule has 0 aromatic carbocycles. The van der Waals surface area contributed by atoms with Crippen molar-refractivity contribution in [1.82, 2.24) is 10.1 Å². The summed E-state index contributed by atoms with van der Waals surface area (Å²) in [6.45, 7) is 7.79. The number of aryl methyl sites for hydroxylation is 2. The number of morpholine rings is 1. The molecule has 19 heavy (non-hydrogen) atoms. The van der Waals surface area contributed by atoms with Crippen molar-refractivity contribution in [2.45, 2.75) is 39.5 Å². The number of aromatic nitrogens is 1. The third-order valence-electron chi connectivity index (χ3n) is 3.36. The Morgan fingerprint density at radius 1 is 1.47 bits per heavy atom. The van der Waals surface area contributed by atoms with Gasteiger partial charge >= 0.3 is 5.97 Å². The maximum absolute atomic E-state index is 11.6. The summed E-state index contributed by atoms with van der Waals surface area (Å²) in [5.41, 5.74) is 1.98. The molecule has 2 atom stereocenters. The zero-order chi connectivity index (χ0) is 14.0. The highest BCUT2D eigenvalue weighted by molar-refractivity contribution is 5.74. The SMILES string of the molecule is COC(=O)[C@H]1CN(Cc2c(C)noc2C)C[C@@H](C)O1. The quantitative estimate of drug-likeness (QED) is 0.764. The normalized spacial score (nSPS) is 24.4. The van der Waals surface area contributed by atoms with Gasteiger partial charge in [-0.05, 0) is 20.8 Å². The highest BCUT2D eigenvalue weighted by atomic mass is 16.6. The van der Waals surface area contributed by atoms with Gasteiger partial charge in [-0.1, -0.05) is 5.16 Å². The molecular formula is C13H20N2O4. The predicted molar refractivity (Wildman–Crippen MR) is 67.6 cm³/mol. The van der Waals surface area contributed by atoms with Gasteiger partial charge in [0.1, 0.15) is 5.76 Å². The second-order valence-electron chi connectivity index (χ2n) is 4.96. The van der Waals surface area contributed by atoms with E-state index in [0.717, 1.165) is 23.6 Å². The molecule has 0 saturated carbocycles. The minimum atomic E-state index is -0.519. The highest BCUT2D eigenvalue weighted by Crippen LogP contribution is 2.19. The van der Waals surface area contributed by atoms with E-state index in [9.17, 15) is 4.79 Å². The molecule has 0 radical (unpaired) electrons. The largest absolute Gasteiger partial charge is 0.467 e. The molecule has 0 amide bonds. The van der Waals surface area contributed by atoms with Crippen molar-refractivity contribution < 1.29 is 18.8 Å². The number of hydrogen-bond acceptors (Lipinski definition) is 6. The average Bonchev–Trinajstić information content (AvgIpc) is 2.69. The number of carbonyl (C=O) groups excluding carboxylic acids is 1. The van der Waals surface area contributed by atoms with Crippen molar-refractivity contribution in [3.63, 3.8) is 0 Å². The monoisotopic (exact) mass is 268 g/mol. The summed E-state index contributed by atoms with van der Waals surface area (Å²) < 4.78 is 15.5. The molecule has 0 unspecified atom stereocenters. The first-order valence-electron chi connectivity index (χ1n) is 6.38. The van der Waals surface area contributed by atoms with Crippen LogP contribution in [0.25, 0.3) is 0 Å². The lowest BCUT2D eigenvalue weighted by atomic mass is 10.1. The molecule has 1 saturated heterocycles. The van der Waals surface area contributed by atoms with Gasteiger partial charge in [-0.2, -0.15) is 0 Å². The standard InChI is InChI=1S/C13H20N2O4/c1-8-5-15(7-12(18-8)13(16)17-4)6-11-9(2)14-19-10(11)3/h8,12H,5-7H2,1-4H3/t8-,12-/m1/s1. The molecule has 1 aliphatic heterocycles. The van der Waals surface area contributed by atoms with E-state index in [-0.39, 0.29) is 12.1 Å². The smallest absolute Gasteiger partial charge is 0.336 e. The van der Waals surface area contributed by atoms with Gasteiger partial charge in [-0.3, -0.25) is 4.90 Å². The van der Waals surface area contributed by atoms with Crippen LogP contribution in [0.15, 0.2) is 4.52 Å². The molecule has 6 nitrogen and oxygen atoms in total. The number of esters is 1. The summed E-state index contributed by atoms with van der Waals surface area (Å²) in [6.07, 6.45) is -0.521. The fourth-order valence-corrected chi connectivity index (χ4v) is 2.38. The maximum atomic E-state index is 11.6. The van der Waals surface area contributed by atoms with E-state index >= 15 is 0 Å². The summed E-state index contributed by atoms with van der Waals surface area (Å²) in [7, 11) is 1.38. The first kappa shape index (κ1) is 14.0. The highest BCUT2D eigenvalue weighted by Gasteiger charge is 2.31. The lowest BCUT2D eigenvalue weighted by molar-refractivity contribution is -0.166. The number of methoxy groups -OCH3 is 1. The number of nitrogens with zero attached hydrogens (tertiary/aromatic N) is 2. The molecule has 0 spiro atoms. The van der Waals surface area contributed by atoms with Gasteiger partial charge < -0.3 is 14.0 Å². The molecule has 106 valence electrons. The molecule has 0 bridgehead atoms. The van der Waals surface area contributed by atoms with Crippen LogP contribution in [0.2, 0.25) is 0 Å². The van der Waals surface area contributed by atoms with Crippen molar-refractivity contribution in [2.24, 2.45) is 0 Å². The Morgan fingerprint density at radius 3 is 2.79 bits per heavy atom. The van der Waals surface area contributed by atoms with Gasteiger partial charge in [0.2, 0.25) is 0 Å². The molecule has 2 heterocycles. The second kappa shape index (κ2) is 5.71. The van der Waals surface area contributed by atoms with Crippen molar-refractivity contribution in [1.29, 1.82) is 0 Å². The van der Waals surface area contributed by atoms with Crippen molar-refractivity contribution in [3.05, 3.63) is 17.0 Å². The summed E-state index contributed by atoms with van der Waals surface area (Å²) in [5.74, 6) is 0.501. The van der Waals surface area contributed by atoms with Crippen LogP contribution in [0.1, 0.15) is 23.9 Å². The van der Waals surface area contributed by atoms with E-state index in [1.165, 1.54) is 7.11 Å². The Bertz CT molecular complexity index is 438. The minimum Gasteiger partial charge on any atom is -0.467 e. The van der Waals surface area contributed by atoms with E-state index in [1.807, 2.05) is 20.8 Å². The Hall–Kier alpha value is -1.40. The zero-order valence-corrected chi connectivity index (χ0v) is 11.8. The van der Waals surface area contributed by atoms with E-state index < -0.39 is 6.10 Å². The van der Waals surface area contributed by atoms with Crippen LogP contribution in [0.4, 0.5) is 0 Å².